The van der Waals surface area contributed by atoms with Crippen LogP contribution in [-0.2, 0) is 0 Å². The Morgan fingerprint density at radius 2 is 1.17 bits per heavy atom. The van der Waals surface area contributed by atoms with Crippen molar-refractivity contribution < 1.29 is 0 Å². The van der Waals surface area contributed by atoms with Crippen LogP contribution in [0.3, 0.4) is 0 Å². The maximum absolute atomic E-state index is 7.72. The molecule has 1 aliphatic rings. The van der Waals surface area contributed by atoms with E-state index in [1.54, 1.807) is 0 Å². The van der Waals surface area contributed by atoms with Crippen LogP contribution < -0.4 is 20.2 Å². The van der Waals surface area contributed by atoms with Gasteiger partial charge in [-0.05, 0) is 84.9 Å². The molecule has 7 aromatic rings. The summed E-state index contributed by atoms with van der Waals surface area (Å²) in [5.74, 6) is 1.02. The fourth-order valence-corrected chi connectivity index (χ4v) is 10.6. The quantitative estimate of drug-likeness (QED) is 0.173. The highest BCUT2D eigenvalue weighted by Crippen LogP contribution is 2.48. The second kappa shape index (κ2) is 11.3. The van der Waals surface area contributed by atoms with Gasteiger partial charge in [-0.1, -0.05) is 121 Å². The van der Waals surface area contributed by atoms with Crippen molar-refractivity contribution in [1.82, 2.24) is 4.57 Å². The number of hydrogen-bond acceptors (Lipinski definition) is 2. The highest BCUT2D eigenvalue weighted by molar-refractivity contribution is 7.02. The minimum absolute atomic E-state index is 0.695. The van der Waals surface area contributed by atoms with Gasteiger partial charge in [0.25, 0.3) is 0 Å². The van der Waals surface area contributed by atoms with Gasteiger partial charge in [-0.15, -0.1) is 0 Å². The minimum atomic E-state index is -1.99. The molecule has 1 aromatic heterocycles. The second-order valence-corrected chi connectivity index (χ2v) is 17.7. The molecule has 8 rings (SSSR count). The molecule has 0 saturated carbocycles. The van der Waals surface area contributed by atoms with Gasteiger partial charge >= 0.3 is 0 Å². The molecule has 6 aromatic carbocycles. The number of rotatable bonds is 5. The standard InChI is InChI=1S/C42H36ClN3Si/c1-29-22-24-35-39(26-29)47(3,4)40-27-30(2)23-25-36(40)46(35)38-21-13-20-37(42(38)43)45(33-17-9-6-10-18-33)41-28-31-14-11-12-19-34(31)44(41)32-15-7-5-8-16-32/h5-28H,1-4H3. The molecule has 1 aliphatic heterocycles. The summed E-state index contributed by atoms with van der Waals surface area (Å²) in [6.07, 6.45) is 0. The van der Waals surface area contributed by atoms with Crippen LogP contribution in [0, 0.1) is 13.8 Å². The van der Waals surface area contributed by atoms with E-state index in [0.29, 0.717) is 5.02 Å². The third-order valence-electron chi connectivity index (χ3n) is 9.52. The van der Waals surface area contributed by atoms with Gasteiger partial charge in [0.15, 0.2) is 0 Å². The maximum Gasteiger partial charge on any atom is 0.123 e. The first-order valence-corrected chi connectivity index (χ1v) is 19.5. The first-order valence-electron chi connectivity index (χ1n) is 16.1. The Hall–Kier alpha value is -5.03. The Morgan fingerprint density at radius 1 is 0.574 bits per heavy atom. The monoisotopic (exact) mass is 645 g/mol. The van der Waals surface area contributed by atoms with Crippen LogP contribution in [0.25, 0.3) is 16.6 Å². The molecule has 0 atom stereocenters. The average molecular weight is 646 g/mol. The molecule has 0 spiro atoms. The number of anilines is 6. The summed E-state index contributed by atoms with van der Waals surface area (Å²) in [6, 6.07) is 52.2. The van der Waals surface area contributed by atoms with Crippen molar-refractivity contribution in [3.05, 3.63) is 162 Å². The number of fused-ring (bicyclic) bond motifs is 3. The predicted octanol–water partition coefficient (Wildman–Crippen LogP) is 11.0. The van der Waals surface area contributed by atoms with Gasteiger partial charge in [-0.25, -0.2) is 0 Å². The van der Waals surface area contributed by atoms with E-state index in [9.17, 15) is 0 Å². The molecule has 2 heterocycles. The summed E-state index contributed by atoms with van der Waals surface area (Å²) in [4.78, 5) is 4.69. The Morgan fingerprint density at radius 3 is 1.83 bits per heavy atom. The highest BCUT2D eigenvalue weighted by atomic mass is 35.5. The zero-order valence-corrected chi connectivity index (χ0v) is 28.8. The van der Waals surface area contributed by atoms with Gasteiger partial charge < -0.3 is 4.90 Å². The number of hydrogen-bond donors (Lipinski definition) is 0. The van der Waals surface area contributed by atoms with Crippen molar-refractivity contribution in [3.63, 3.8) is 0 Å². The van der Waals surface area contributed by atoms with Gasteiger partial charge in [0.05, 0.1) is 21.9 Å². The lowest BCUT2D eigenvalue weighted by Gasteiger charge is -2.42. The van der Waals surface area contributed by atoms with Gasteiger partial charge in [0.2, 0.25) is 0 Å². The van der Waals surface area contributed by atoms with Crippen LogP contribution in [0.5, 0.6) is 0 Å². The summed E-state index contributed by atoms with van der Waals surface area (Å²) < 4.78 is 2.33. The van der Waals surface area contributed by atoms with Crippen molar-refractivity contribution in [2.45, 2.75) is 26.9 Å². The number of halogens is 1. The number of benzene rings is 6. The first kappa shape index (κ1) is 29.4. The Kier molecular flexibility index (Phi) is 7.09. The topological polar surface area (TPSA) is 11.4 Å². The van der Waals surface area contributed by atoms with Crippen molar-refractivity contribution >= 4 is 75.2 Å². The number of aromatic nitrogens is 1. The normalized spacial score (nSPS) is 13.3. The molecule has 230 valence electrons. The molecule has 0 aliphatic carbocycles. The van der Waals surface area contributed by atoms with Crippen LogP contribution in [-0.4, -0.2) is 12.6 Å². The molecule has 5 heteroatoms. The lowest BCUT2D eigenvalue weighted by molar-refractivity contribution is 1.07. The van der Waals surface area contributed by atoms with E-state index < -0.39 is 8.07 Å². The first-order chi connectivity index (χ1) is 22.8. The molecular formula is C42H36ClN3Si. The van der Waals surface area contributed by atoms with Crippen molar-refractivity contribution in [2.24, 2.45) is 0 Å². The van der Waals surface area contributed by atoms with Gasteiger partial charge in [0.1, 0.15) is 13.9 Å². The van der Waals surface area contributed by atoms with Gasteiger partial charge in [0, 0.05) is 28.1 Å². The molecule has 3 nitrogen and oxygen atoms in total. The fraction of sp³-hybridized carbons (Fsp3) is 0.0952. The number of aryl methyl sites for hydroxylation is 2. The summed E-state index contributed by atoms with van der Waals surface area (Å²) >= 11 is 7.72. The van der Waals surface area contributed by atoms with E-state index in [0.717, 1.165) is 39.5 Å². The fourth-order valence-electron chi connectivity index (χ4n) is 7.20. The molecule has 0 N–H and O–H groups in total. The molecule has 47 heavy (non-hydrogen) atoms. The van der Waals surface area contributed by atoms with Crippen molar-refractivity contribution in [1.29, 1.82) is 0 Å². The lowest BCUT2D eigenvalue weighted by atomic mass is 10.1. The highest BCUT2D eigenvalue weighted by Gasteiger charge is 2.39. The van der Waals surface area contributed by atoms with E-state index in [4.69, 9.17) is 11.6 Å². The molecule has 0 unspecified atom stereocenters. The number of nitrogens with zero attached hydrogens (tertiary/aromatic N) is 3. The zero-order chi connectivity index (χ0) is 32.3. The van der Waals surface area contributed by atoms with Crippen molar-refractivity contribution in [2.75, 3.05) is 9.80 Å². The minimum Gasteiger partial charge on any atom is -0.309 e. The van der Waals surface area contributed by atoms with Crippen LogP contribution in [0.1, 0.15) is 11.1 Å². The third-order valence-corrected chi connectivity index (χ3v) is 13.4. The SMILES string of the molecule is Cc1ccc2c(c1)[Si](C)(C)c1cc(C)ccc1N2c1cccc(N(c2ccccc2)c2cc3ccccc3n2-c2ccccc2)c1Cl. The largest absolute Gasteiger partial charge is 0.309 e. The molecular weight excluding hydrogens is 610 g/mol. The molecule has 0 fully saturated rings. The van der Waals surface area contributed by atoms with E-state index in [2.05, 4.69) is 187 Å². The Bertz CT molecular complexity index is 2220. The molecule has 0 bridgehead atoms. The van der Waals surface area contributed by atoms with Crippen LogP contribution in [0.4, 0.5) is 34.3 Å². The molecule has 0 radical (unpaired) electrons. The predicted molar refractivity (Wildman–Crippen MR) is 204 cm³/mol. The summed E-state index contributed by atoms with van der Waals surface area (Å²) in [7, 11) is -1.99. The third kappa shape index (κ3) is 4.79. The Balaban J connectivity index is 1.40. The van der Waals surface area contributed by atoms with Crippen LogP contribution >= 0.6 is 11.6 Å². The Labute approximate surface area is 282 Å². The van der Waals surface area contributed by atoms with E-state index in [1.165, 1.54) is 32.9 Å². The maximum atomic E-state index is 7.72. The lowest BCUT2D eigenvalue weighted by Crippen LogP contribution is -2.58. The second-order valence-electron chi connectivity index (χ2n) is 13.0. The van der Waals surface area contributed by atoms with Crippen LogP contribution in [0.15, 0.2) is 146 Å². The van der Waals surface area contributed by atoms with Crippen molar-refractivity contribution in [3.8, 4) is 5.69 Å². The summed E-state index contributed by atoms with van der Waals surface area (Å²) in [5, 5.41) is 4.72. The average Bonchev–Trinajstić information content (AvgIpc) is 3.47. The summed E-state index contributed by atoms with van der Waals surface area (Å²) in [5.41, 5.74) is 10.1. The van der Waals surface area contributed by atoms with Crippen LogP contribution in [0.2, 0.25) is 18.1 Å². The van der Waals surface area contributed by atoms with E-state index >= 15 is 0 Å². The van der Waals surface area contributed by atoms with E-state index in [-0.39, 0.29) is 0 Å². The van der Waals surface area contributed by atoms with E-state index in [1.807, 2.05) is 0 Å². The molecule has 0 saturated heterocycles. The smallest absolute Gasteiger partial charge is 0.123 e. The van der Waals surface area contributed by atoms with Gasteiger partial charge in [-0.3, -0.25) is 9.47 Å². The molecule has 0 amide bonds. The number of para-hydroxylation sites is 3. The summed E-state index contributed by atoms with van der Waals surface area (Å²) in [6.45, 7) is 9.33. The zero-order valence-electron chi connectivity index (χ0n) is 27.1. The van der Waals surface area contributed by atoms with Gasteiger partial charge in [-0.2, -0.15) is 0 Å².